The van der Waals surface area contributed by atoms with Crippen molar-refractivity contribution in [3.63, 3.8) is 0 Å². The smallest absolute Gasteiger partial charge is 0.309 e. The Morgan fingerprint density at radius 1 is 1.19 bits per heavy atom. The van der Waals surface area contributed by atoms with Gasteiger partial charge in [-0.2, -0.15) is 0 Å². The van der Waals surface area contributed by atoms with Crippen LogP contribution in [0.25, 0.3) is 0 Å². The van der Waals surface area contributed by atoms with E-state index < -0.39 is 6.10 Å². The fourth-order valence-corrected chi connectivity index (χ4v) is 5.38. The summed E-state index contributed by atoms with van der Waals surface area (Å²) in [5.41, 5.74) is 1.26. The molecule has 32 heavy (non-hydrogen) atoms. The summed E-state index contributed by atoms with van der Waals surface area (Å²) in [5, 5.41) is 0. The lowest BCUT2D eigenvalue weighted by Gasteiger charge is -2.43. The van der Waals surface area contributed by atoms with Crippen LogP contribution < -0.4 is 0 Å². The summed E-state index contributed by atoms with van der Waals surface area (Å²) >= 11 is 0. The first-order valence-electron chi connectivity index (χ1n) is 12.1. The summed E-state index contributed by atoms with van der Waals surface area (Å²) in [4.78, 5) is 36.0. The van der Waals surface area contributed by atoms with Crippen molar-refractivity contribution >= 4 is 17.9 Å². The lowest BCUT2D eigenvalue weighted by Crippen LogP contribution is -2.42. The molecule has 2 aliphatic carbocycles. The van der Waals surface area contributed by atoms with Crippen molar-refractivity contribution < 1.29 is 28.6 Å². The Hall–Kier alpha value is -2.11. The van der Waals surface area contributed by atoms with Crippen LogP contribution in [0.3, 0.4) is 0 Å². The summed E-state index contributed by atoms with van der Waals surface area (Å²) < 4.78 is 16.9. The van der Waals surface area contributed by atoms with E-state index in [0.29, 0.717) is 30.6 Å². The first kappa shape index (κ1) is 24.5. The molecule has 8 unspecified atom stereocenters. The zero-order valence-electron chi connectivity index (χ0n) is 20.0. The van der Waals surface area contributed by atoms with Crippen LogP contribution in [-0.2, 0) is 28.6 Å². The van der Waals surface area contributed by atoms with Crippen molar-refractivity contribution in [1.29, 1.82) is 0 Å². The lowest BCUT2D eigenvalue weighted by molar-refractivity contribution is -0.169. The number of carbonyl (C=O) groups excluding carboxylic acids is 3. The number of hydrogen-bond acceptors (Lipinski definition) is 6. The normalized spacial score (nSPS) is 35.2. The Bertz CT molecular complexity index is 766. The van der Waals surface area contributed by atoms with Crippen LogP contribution in [-0.4, -0.2) is 36.2 Å². The van der Waals surface area contributed by atoms with Gasteiger partial charge in [0.2, 0.25) is 0 Å². The number of cyclic esters (lactones) is 1. The minimum absolute atomic E-state index is 0.102. The predicted molar refractivity (Wildman–Crippen MR) is 120 cm³/mol. The van der Waals surface area contributed by atoms with Crippen molar-refractivity contribution in [3.8, 4) is 0 Å². The van der Waals surface area contributed by atoms with Crippen molar-refractivity contribution in [2.24, 2.45) is 29.6 Å². The molecule has 0 aromatic carbocycles. The molecule has 0 N–H and O–H groups in total. The summed E-state index contributed by atoms with van der Waals surface area (Å²) in [6, 6.07) is 0. The maximum Gasteiger partial charge on any atom is 0.309 e. The van der Waals surface area contributed by atoms with Gasteiger partial charge in [-0.1, -0.05) is 45.9 Å². The second kappa shape index (κ2) is 10.7. The number of esters is 3. The van der Waals surface area contributed by atoms with Crippen LogP contribution in [0.15, 0.2) is 23.8 Å². The van der Waals surface area contributed by atoms with Crippen LogP contribution in [0.1, 0.15) is 73.1 Å². The minimum Gasteiger partial charge on any atom is -0.462 e. The summed E-state index contributed by atoms with van der Waals surface area (Å²) in [6.45, 7) is 9.67. The molecule has 8 atom stereocenters. The quantitative estimate of drug-likeness (QED) is 0.414. The number of ether oxygens (including phenoxy) is 3. The molecule has 6 heteroatoms. The highest BCUT2D eigenvalue weighted by Crippen LogP contribution is 2.45. The van der Waals surface area contributed by atoms with Crippen LogP contribution in [0, 0.1) is 29.6 Å². The third-order valence-corrected chi connectivity index (χ3v) is 7.25. The summed E-state index contributed by atoms with van der Waals surface area (Å²) in [7, 11) is 0. The molecular weight excluding hydrogens is 408 g/mol. The first-order chi connectivity index (χ1) is 15.2. The average molecular weight is 447 g/mol. The number of carbonyl (C=O) groups is 3. The topological polar surface area (TPSA) is 78.9 Å². The Morgan fingerprint density at radius 3 is 2.62 bits per heavy atom. The van der Waals surface area contributed by atoms with Crippen molar-refractivity contribution in [1.82, 2.24) is 0 Å². The summed E-state index contributed by atoms with van der Waals surface area (Å²) in [6.07, 6.45) is 9.78. The molecule has 1 heterocycles. The van der Waals surface area contributed by atoms with Crippen molar-refractivity contribution in [2.45, 2.75) is 91.5 Å². The minimum atomic E-state index is -0.405. The Kier molecular flexibility index (Phi) is 8.18. The third kappa shape index (κ3) is 6.02. The van der Waals surface area contributed by atoms with E-state index in [4.69, 9.17) is 14.2 Å². The van der Waals surface area contributed by atoms with Gasteiger partial charge in [-0.05, 0) is 49.0 Å². The van der Waals surface area contributed by atoms with Crippen LogP contribution >= 0.6 is 0 Å². The molecule has 178 valence electrons. The third-order valence-electron chi connectivity index (χ3n) is 7.25. The number of rotatable bonds is 7. The highest BCUT2D eigenvalue weighted by atomic mass is 16.6. The van der Waals surface area contributed by atoms with E-state index in [-0.39, 0.29) is 48.4 Å². The number of hydrogen-bond donors (Lipinski definition) is 0. The van der Waals surface area contributed by atoms with Crippen LogP contribution in [0.2, 0.25) is 0 Å². The van der Waals surface area contributed by atoms with Gasteiger partial charge < -0.3 is 14.2 Å². The zero-order chi connectivity index (χ0) is 23.4. The monoisotopic (exact) mass is 446 g/mol. The molecule has 0 spiro atoms. The molecule has 0 aromatic rings. The Balaban J connectivity index is 1.72. The second-order valence-electron chi connectivity index (χ2n) is 9.93. The molecular formula is C26H38O6. The number of allylic oxidation sites excluding steroid dienone is 3. The zero-order valence-corrected chi connectivity index (χ0v) is 20.0. The molecule has 0 aromatic heterocycles. The molecule has 1 aliphatic heterocycles. The van der Waals surface area contributed by atoms with Crippen molar-refractivity contribution in [3.05, 3.63) is 23.8 Å². The molecule has 1 fully saturated rings. The largest absolute Gasteiger partial charge is 0.462 e. The van der Waals surface area contributed by atoms with Gasteiger partial charge >= 0.3 is 17.9 Å². The average Bonchev–Trinajstić information content (AvgIpc) is 2.71. The first-order valence-corrected chi connectivity index (χ1v) is 12.1. The molecule has 3 rings (SSSR count). The maximum atomic E-state index is 12.6. The highest BCUT2D eigenvalue weighted by Gasteiger charge is 2.42. The summed E-state index contributed by atoms with van der Waals surface area (Å²) in [5.74, 6) is 0.247. The van der Waals surface area contributed by atoms with Gasteiger partial charge in [0.15, 0.2) is 0 Å². The van der Waals surface area contributed by atoms with Gasteiger partial charge in [-0.3, -0.25) is 14.4 Å². The Labute approximate surface area is 191 Å². The van der Waals surface area contributed by atoms with E-state index >= 15 is 0 Å². The van der Waals surface area contributed by atoms with Gasteiger partial charge in [0.05, 0.1) is 12.3 Å². The predicted octanol–water partition coefficient (Wildman–Crippen LogP) is 4.77. The van der Waals surface area contributed by atoms with E-state index in [1.165, 1.54) is 12.5 Å². The maximum absolute atomic E-state index is 12.6. The number of fused-ring (bicyclic) bond motifs is 1. The Morgan fingerprint density at radius 2 is 1.94 bits per heavy atom. The molecule has 3 aliphatic rings. The van der Waals surface area contributed by atoms with Gasteiger partial charge in [-0.15, -0.1) is 0 Å². The fraction of sp³-hybridized carbons (Fsp3) is 0.731. The molecule has 0 amide bonds. The molecule has 0 radical (unpaired) electrons. The second-order valence-corrected chi connectivity index (χ2v) is 9.93. The van der Waals surface area contributed by atoms with E-state index in [1.807, 2.05) is 13.8 Å². The van der Waals surface area contributed by atoms with E-state index in [2.05, 4.69) is 32.1 Å². The molecule has 0 bridgehead atoms. The molecule has 0 saturated carbocycles. The van der Waals surface area contributed by atoms with E-state index in [9.17, 15) is 14.4 Å². The standard InChI is InChI=1S/C26H38O6/c1-6-16(3)26(29)32-23-12-15(2)11-19-8-7-17(4)22(25(19)23)10-9-20-13-21(30-18(5)27)14-24(28)31-20/h7-8,11,15-17,20-23,25H,6,9-10,12-14H2,1-5H3. The lowest BCUT2D eigenvalue weighted by atomic mass is 9.65. The SMILES string of the molecule is CCC(C)C(=O)OC1CC(C)C=C2C=CC(C)C(CCC3CC(OC(C)=O)CC(=O)O3)C21. The van der Waals surface area contributed by atoms with E-state index in [1.54, 1.807) is 0 Å². The van der Waals surface area contributed by atoms with E-state index in [0.717, 1.165) is 19.3 Å². The highest BCUT2D eigenvalue weighted by molar-refractivity contribution is 5.73. The molecule has 6 nitrogen and oxygen atoms in total. The van der Waals surface area contributed by atoms with Crippen LogP contribution in [0.5, 0.6) is 0 Å². The van der Waals surface area contributed by atoms with Gasteiger partial charge in [0.1, 0.15) is 18.3 Å². The van der Waals surface area contributed by atoms with Crippen LogP contribution in [0.4, 0.5) is 0 Å². The molecule has 1 saturated heterocycles. The fourth-order valence-electron chi connectivity index (χ4n) is 5.38. The van der Waals surface area contributed by atoms with Crippen molar-refractivity contribution in [2.75, 3.05) is 0 Å². The van der Waals surface area contributed by atoms with Gasteiger partial charge in [-0.25, -0.2) is 0 Å². The van der Waals surface area contributed by atoms with Gasteiger partial charge in [0, 0.05) is 19.3 Å². The van der Waals surface area contributed by atoms with Gasteiger partial charge in [0.25, 0.3) is 0 Å².